The highest BCUT2D eigenvalue weighted by Gasteiger charge is 2.23. The van der Waals surface area contributed by atoms with Crippen molar-refractivity contribution in [3.63, 3.8) is 0 Å². The lowest BCUT2D eigenvalue weighted by Crippen LogP contribution is -1.93. The number of rotatable bonds is 0. The van der Waals surface area contributed by atoms with Crippen molar-refractivity contribution in [3.05, 3.63) is 35.1 Å². The fourth-order valence-electron chi connectivity index (χ4n) is 1.11. The Balaban J connectivity index is 2.66. The number of ether oxygens (including phenoxy) is 1. The van der Waals surface area contributed by atoms with Crippen LogP contribution >= 0.6 is 0 Å². The summed E-state index contributed by atoms with van der Waals surface area (Å²) in [6.45, 7) is 0.0703. The van der Waals surface area contributed by atoms with E-state index >= 15 is 0 Å². The molecule has 0 aliphatic carbocycles. The first-order valence-electron chi connectivity index (χ1n) is 3.23. The molecule has 1 aromatic rings. The van der Waals surface area contributed by atoms with Gasteiger partial charge >= 0.3 is 5.97 Å². The SMILES string of the molecule is O=C1OCc2c(F)cccc21. The van der Waals surface area contributed by atoms with E-state index in [1.165, 1.54) is 12.1 Å². The van der Waals surface area contributed by atoms with E-state index in [1.54, 1.807) is 6.07 Å². The van der Waals surface area contributed by atoms with Gasteiger partial charge in [-0.2, -0.15) is 0 Å². The van der Waals surface area contributed by atoms with Crippen molar-refractivity contribution in [2.45, 2.75) is 6.61 Å². The summed E-state index contributed by atoms with van der Waals surface area (Å²) in [5.74, 6) is -0.798. The molecule has 1 aliphatic rings. The van der Waals surface area contributed by atoms with Crippen molar-refractivity contribution in [2.24, 2.45) is 0 Å². The topological polar surface area (TPSA) is 26.3 Å². The highest BCUT2D eigenvalue weighted by atomic mass is 19.1. The lowest BCUT2D eigenvalue weighted by molar-refractivity contribution is 0.0534. The van der Waals surface area contributed by atoms with Gasteiger partial charge in [-0.15, -0.1) is 0 Å². The third-order valence-electron chi connectivity index (χ3n) is 1.69. The Labute approximate surface area is 62.6 Å². The molecule has 0 bridgehead atoms. The van der Waals surface area contributed by atoms with Crippen molar-refractivity contribution in [1.29, 1.82) is 0 Å². The van der Waals surface area contributed by atoms with E-state index < -0.39 is 5.97 Å². The largest absolute Gasteiger partial charge is 0.457 e. The average Bonchev–Trinajstić information content (AvgIpc) is 2.35. The number of esters is 1. The predicted octanol–water partition coefficient (Wildman–Crippen LogP) is 1.50. The molecule has 0 saturated heterocycles. The summed E-state index contributed by atoms with van der Waals surface area (Å²) < 4.78 is 17.5. The Morgan fingerprint density at radius 2 is 2.27 bits per heavy atom. The van der Waals surface area contributed by atoms with Gasteiger partial charge in [0.05, 0.1) is 5.56 Å². The van der Waals surface area contributed by atoms with Crippen LogP contribution in [0.3, 0.4) is 0 Å². The van der Waals surface area contributed by atoms with Gasteiger partial charge < -0.3 is 4.74 Å². The van der Waals surface area contributed by atoms with Crippen LogP contribution in [0.2, 0.25) is 0 Å². The maximum Gasteiger partial charge on any atom is 0.338 e. The molecule has 0 N–H and O–H groups in total. The van der Waals surface area contributed by atoms with Gasteiger partial charge in [0.15, 0.2) is 0 Å². The zero-order valence-electron chi connectivity index (χ0n) is 5.63. The molecule has 1 heterocycles. The van der Waals surface area contributed by atoms with E-state index in [0.29, 0.717) is 11.1 Å². The number of carbonyl (C=O) groups is 1. The van der Waals surface area contributed by atoms with Gasteiger partial charge in [-0.1, -0.05) is 6.07 Å². The minimum Gasteiger partial charge on any atom is -0.457 e. The molecular weight excluding hydrogens is 147 g/mol. The highest BCUT2D eigenvalue weighted by Crippen LogP contribution is 2.21. The summed E-state index contributed by atoms with van der Waals surface area (Å²) in [7, 11) is 0. The maximum absolute atomic E-state index is 12.8. The minimum absolute atomic E-state index is 0.0703. The maximum atomic E-state index is 12.8. The number of fused-ring (bicyclic) bond motifs is 1. The highest BCUT2D eigenvalue weighted by molar-refractivity contribution is 5.93. The molecule has 0 amide bonds. The molecular formula is C8H5FO2. The van der Waals surface area contributed by atoms with E-state index in [4.69, 9.17) is 0 Å². The summed E-state index contributed by atoms with van der Waals surface area (Å²) in [5, 5.41) is 0. The zero-order chi connectivity index (χ0) is 7.84. The molecule has 0 aromatic heterocycles. The van der Waals surface area contributed by atoms with Crippen LogP contribution in [0.1, 0.15) is 15.9 Å². The smallest absolute Gasteiger partial charge is 0.338 e. The molecule has 0 unspecified atom stereocenters. The van der Waals surface area contributed by atoms with Gasteiger partial charge in [0.25, 0.3) is 0 Å². The van der Waals surface area contributed by atoms with Crippen LogP contribution in [0.25, 0.3) is 0 Å². The second-order valence-corrected chi connectivity index (χ2v) is 2.34. The van der Waals surface area contributed by atoms with Crippen molar-refractivity contribution in [3.8, 4) is 0 Å². The molecule has 3 heteroatoms. The van der Waals surface area contributed by atoms with Gasteiger partial charge in [-0.05, 0) is 12.1 Å². The third kappa shape index (κ3) is 0.808. The Kier molecular flexibility index (Phi) is 1.18. The van der Waals surface area contributed by atoms with E-state index in [1.807, 2.05) is 0 Å². The standard InChI is InChI=1S/C8H5FO2/c9-7-3-1-2-5-6(7)4-11-8(5)10/h1-3H,4H2. The van der Waals surface area contributed by atoms with Crippen molar-refractivity contribution >= 4 is 5.97 Å². The molecule has 0 spiro atoms. The van der Waals surface area contributed by atoms with Crippen molar-refractivity contribution in [1.82, 2.24) is 0 Å². The first kappa shape index (κ1) is 6.34. The first-order valence-corrected chi connectivity index (χ1v) is 3.23. The average molecular weight is 152 g/mol. The van der Waals surface area contributed by atoms with E-state index in [9.17, 15) is 9.18 Å². The van der Waals surface area contributed by atoms with Crippen molar-refractivity contribution < 1.29 is 13.9 Å². The van der Waals surface area contributed by atoms with Crippen LogP contribution in [0.4, 0.5) is 4.39 Å². The molecule has 0 fully saturated rings. The summed E-state index contributed by atoms with van der Waals surface area (Å²) >= 11 is 0. The van der Waals surface area contributed by atoms with E-state index in [2.05, 4.69) is 4.74 Å². The molecule has 1 aliphatic heterocycles. The van der Waals surface area contributed by atoms with Gasteiger partial charge in [-0.25, -0.2) is 9.18 Å². The number of cyclic esters (lactones) is 1. The second-order valence-electron chi connectivity index (χ2n) is 2.34. The molecule has 11 heavy (non-hydrogen) atoms. The summed E-state index contributed by atoms with van der Waals surface area (Å²) in [5.41, 5.74) is 0.725. The lowest BCUT2D eigenvalue weighted by atomic mass is 10.1. The Morgan fingerprint density at radius 3 is 3.00 bits per heavy atom. The molecule has 0 atom stereocenters. The Morgan fingerprint density at radius 1 is 1.45 bits per heavy atom. The van der Waals surface area contributed by atoms with Crippen LogP contribution in [0, 0.1) is 5.82 Å². The normalized spacial score (nSPS) is 14.5. The summed E-state index contributed by atoms with van der Waals surface area (Å²) in [6, 6.07) is 4.38. The number of carbonyl (C=O) groups excluding carboxylic acids is 1. The quantitative estimate of drug-likeness (QED) is 0.526. The second kappa shape index (κ2) is 2.05. The summed E-state index contributed by atoms with van der Waals surface area (Å²) in [4.78, 5) is 10.8. The van der Waals surface area contributed by atoms with Crippen LogP contribution in [-0.2, 0) is 11.3 Å². The van der Waals surface area contributed by atoms with E-state index in [0.717, 1.165) is 0 Å². The van der Waals surface area contributed by atoms with Crippen LogP contribution < -0.4 is 0 Å². The Hall–Kier alpha value is -1.38. The molecule has 56 valence electrons. The fraction of sp³-hybridized carbons (Fsp3) is 0.125. The monoisotopic (exact) mass is 152 g/mol. The van der Waals surface area contributed by atoms with Gasteiger partial charge in [0, 0.05) is 5.56 Å². The van der Waals surface area contributed by atoms with Crippen LogP contribution in [-0.4, -0.2) is 5.97 Å². The predicted molar refractivity (Wildman–Crippen MR) is 35.5 cm³/mol. The van der Waals surface area contributed by atoms with Crippen LogP contribution in [0.15, 0.2) is 18.2 Å². The molecule has 2 nitrogen and oxygen atoms in total. The molecule has 0 saturated carbocycles. The number of halogens is 1. The minimum atomic E-state index is -0.431. The van der Waals surface area contributed by atoms with Gasteiger partial charge in [0.2, 0.25) is 0 Å². The molecule has 0 radical (unpaired) electrons. The lowest BCUT2D eigenvalue weighted by Gasteiger charge is -1.92. The van der Waals surface area contributed by atoms with Gasteiger partial charge in [-0.3, -0.25) is 0 Å². The number of hydrogen-bond donors (Lipinski definition) is 0. The Bertz CT molecular complexity index is 320. The first-order chi connectivity index (χ1) is 5.29. The number of hydrogen-bond acceptors (Lipinski definition) is 2. The third-order valence-corrected chi connectivity index (χ3v) is 1.69. The van der Waals surface area contributed by atoms with Crippen LogP contribution in [0.5, 0.6) is 0 Å². The molecule has 2 rings (SSSR count). The van der Waals surface area contributed by atoms with E-state index in [-0.39, 0.29) is 12.4 Å². The zero-order valence-corrected chi connectivity index (χ0v) is 5.63. The van der Waals surface area contributed by atoms with Gasteiger partial charge in [0.1, 0.15) is 12.4 Å². The van der Waals surface area contributed by atoms with Crippen molar-refractivity contribution in [2.75, 3.05) is 0 Å². The summed E-state index contributed by atoms with van der Waals surface area (Å²) in [6.07, 6.45) is 0. The number of benzene rings is 1. The fourth-order valence-corrected chi connectivity index (χ4v) is 1.11. The molecule has 1 aromatic carbocycles.